The van der Waals surface area contributed by atoms with Gasteiger partial charge in [0.2, 0.25) is 0 Å². The zero-order chi connectivity index (χ0) is 9.84. The van der Waals surface area contributed by atoms with Crippen LogP contribution < -0.4 is 0 Å². The summed E-state index contributed by atoms with van der Waals surface area (Å²) < 4.78 is 12.3. The molecule has 0 bridgehead atoms. The van der Waals surface area contributed by atoms with Crippen LogP contribution in [0.2, 0.25) is 0 Å². The summed E-state index contributed by atoms with van der Waals surface area (Å²) in [5.41, 5.74) is 1.55. The van der Waals surface area contributed by atoms with E-state index in [2.05, 4.69) is 15.9 Å². The number of halogens is 2. The van der Waals surface area contributed by atoms with Crippen molar-refractivity contribution < 1.29 is 4.39 Å². The van der Waals surface area contributed by atoms with Crippen LogP contribution in [0.25, 0.3) is 5.57 Å². The SMILES string of the molecule is CC(=C(F)Br)c1ccccc1C#N. The van der Waals surface area contributed by atoms with Crippen LogP contribution in [0.4, 0.5) is 4.39 Å². The third-order valence-electron chi connectivity index (χ3n) is 1.73. The minimum absolute atomic E-state index is 0.435. The van der Waals surface area contributed by atoms with Crippen LogP contribution >= 0.6 is 15.9 Å². The third-order valence-corrected chi connectivity index (χ3v) is 2.33. The Morgan fingerprint density at radius 3 is 2.62 bits per heavy atom. The molecule has 0 radical (unpaired) electrons. The highest BCUT2D eigenvalue weighted by atomic mass is 79.9. The third kappa shape index (κ3) is 2.16. The largest absolute Gasteiger partial charge is 0.199 e. The molecule has 13 heavy (non-hydrogen) atoms. The van der Waals surface area contributed by atoms with Gasteiger partial charge in [-0.15, -0.1) is 0 Å². The second-order valence-corrected chi connectivity index (χ2v) is 3.24. The predicted octanol–water partition coefficient (Wildman–Crippen LogP) is 3.61. The van der Waals surface area contributed by atoms with E-state index in [1.54, 1.807) is 31.2 Å². The lowest BCUT2D eigenvalue weighted by molar-refractivity contribution is 0.707. The average Bonchev–Trinajstić information content (AvgIpc) is 2.16. The second kappa shape index (κ2) is 4.20. The summed E-state index contributed by atoms with van der Waals surface area (Å²) in [6.45, 7) is 1.63. The van der Waals surface area contributed by atoms with Gasteiger partial charge in [0.15, 0.2) is 4.74 Å². The maximum absolute atomic E-state index is 12.8. The smallest absolute Gasteiger partial charge is 0.169 e. The van der Waals surface area contributed by atoms with Gasteiger partial charge in [-0.2, -0.15) is 9.65 Å². The molecular formula is C10H7BrFN. The Kier molecular flexibility index (Phi) is 3.21. The molecule has 66 valence electrons. The summed E-state index contributed by atoms with van der Waals surface area (Å²) in [6.07, 6.45) is 0. The Hall–Kier alpha value is -1.14. The van der Waals surface area contributed by atoms with E-state index in [1.165, 1.54) is 0 Å². The van der Waals surface area contributed by atoms with Crippen molar-refractivity contribution in [3.05, 3.63) is 40.1 Å². The van der Waals surface area contributed by atoms with Crippen molar-refractivity contribution in [2.24, 2.45) is 0 Å². The van der Waals surface area contributed by atoms with Gasteiger partial charge in [-0.3, -0.25) is 0 Å². The van der Waals surface area contributed by atoms with Crippen molar-refractivity contribution in [1.82, 2.24) is 0 Å². The molecule has 1 aromatic carbocycles. The first-order valence-corrected chi connectivity index (χ1v) is 4.47. The quantitative estimate of drug-likeness (QED) is 0.735. The molecule has 0 unspecified atom stereocenters. The summed E-state index contributed by atoms with van der Waals surface area (Å²) >= 11 is 2.74. The van der Waals surface area contributed by atoms with Crippen LogP contribution in [-0.2, 0) is 0 Å². The molecule has 1 rings (SSSR count). The van der Waals surface area contributed by atoms with E-state index in [0.717, 1.165) is 0 Å². The summed E-state index contributed by atoms with van der Waals surface area (Å²) in [6, 6.07) is 8.91. The number of hydrogen-bond acceptors (Lipinski definition) is 1. The van der Waals surface area contributed by atoms with Crippen LogP contribution in [0.1, 0.15) is 18.1 Å². The van der Waals surface area contributed by atoms with E-state index in [1.807, 2.05) is 6.07 Å². The van der Waals surface area contributed by atoms with E-state index in [0.29, 0.717) is 16.7 Å². The fraction of sp³-hybridized carbons (Fsp3) is 0.100. The Morgan fingerprint density at radius 2 is 2.08 bits per heavy atom. The lowest BCUT2D eigenvalue weighted by Crippen LogP contribution is -1.86. The molecule has 0 spiro atoms. The van der Waals surface area contributed by atoms with Crippen LogP contribution in [-0.4, -0.2) is 0 Å². The van der Waals surface area contributed by atoms with Crippen LogP contribution in [0.3, 0.4) is 0 Å². The van der Waals surface area contributed by atoms with Crippen LogP contribution in [0.5, 0.6) is 0 Å². The second-order valence-electron chi connectivity index (χ2n) is 2.54. The van der Waals surface area contributed by atoms with E-state index in [4.69, 9.17) is 5.26 Å². The van der Waals surface area contributed by atoms with Crippen molar-refractivity contribution in [3.63, 3.8) is 0 Å². The summed E-state index contributed by atoms with van der Waals surface area (Å²) in [4.78, 5) is 0. The Morgan fingerprint density at radius 1 is 1.46 bits per heavy atom. The first-order valence-electron chi connectivity index (χ1n) is 3.68. The highest BCUT2D eigenvalue weighted by Gasteiger charge is 2.05. The van der Waals surface area contributed by atoms with Gasteiger partial charge in [0.05, 0.1) is 11.6 Å². The molecule has 0 heterocycles. The average molecular weight is 240 g/mol. The van der Waals surface area contributed by atoms with Crippen LogP contribution in [0, 0.1) is 11.3 Å². The minimum Gasteiger partial charge on any atom is -0.199 e. The zero-order valence-electron chi connectivity index (χ0n) is 7.01. The summed E-state index contributed by atoms with van der Waals surface area (Å²) in [5, 5.41) is 8.74. The number of rotatable bonds is 1. The van der Waals surface area contributed by atoms with Gasteiger partial charge in [-0.05, 0) is 34.5 Å². The molecule has 0 aliphatic rings. The highest BCUT2D eigenvalue weighted by Crippen LogP contribution is 2.25. The topological polar surface area (TPSA) is 23.8 Å². The molecule has 0 fully saturated rings. The fourth-order valence-corrected chi connectivity index (χ4v) is 1.22. The van der Waals surface area contributed by atoms with Crippen molar-refractivity contribution in [2.75, 3.05) is 0 Å². The molecule has 0 saturated carbocycles. The molecule has 0 aliphatic heterocycles. The van der Waals surface area contributed by atoms with E-state index < -0.39 is 4.74 Å². The molecule has 0 atom stereocenters. The van der Waals surface area contributed by atoms with Gasteiger partial charge >= 0.3 is 0 Å². The maximum atomic E-state index is 12.8. The molecule has 1 aromatic rings. The van der Waals surface area contributed by atoms with Gasteiger partial charge in [-0.25, -0.2) is 0 Å². The number of hydrogen-bond donors (Lipinski definition) is 0. The Labute approximate surface area is 84.6 Å². The fourth-order valence-electron chi connectivity index (χ4n) is 1.01. The highest BCUT2D eigenvalue weighted by molar-refractivity contribution is 9.11. The zero-order valence-corrected chi connectivity index (χ0v) is 8.60. The molecule has 0 aliphatic carbocycles. The summed E-state index contributed by atoms with van der Waals surface area (Å²) in [7, 11) is 0. The molecule has 0 amide bonds. The van der Waals surface area contributed by atoms with Crippen LogP contribution in [0.15, 0.2) is 29.0 Å². The lowest BCUT2D eigenvalue weighted by Gasteiger charge is -2.02. The van der Waals surface area contributed by atoms with Gasteiger partial charge in [0, 0.05) is 5.57 Å². The Balaban J connectivity index is 3.32. The number of benzene rings is 1. The number of allylic oxidation sites excluding steroid dienone is 1. The van der Waals surface area contributed by atoms with Crippen molar-refractivity contribution in [1.29, 1.82) is 5.26 Å². The standard InChI is InChI=1S/C10H7BrFN/c1-7(10(11)12)9-5-3-2-4-8(9)6-13/h2-5H,1H3. The minimum atomic E-state index is -0.435. The van der Waals surface area contributed by atoms with Gasteiger partial charge < -0.3 is 0 Å². The van der Waals surface area contributed by atoms with Gasteiger partial charge in [0.1, 0.15) is 0 Å². The normalized spacial score (nSPS) is 11.8. The lowest BCUT2D eigenvalue weighted by atomic mass is 10.0. The van der Waals surface area contributed by atoms with Crippen molar-refractivity contribution in [2.45, 2.75) is 6.92 Å². The number of nitrogens with zero attached hydrogens (tertiary/aromatic N) is 1. The summed E-state index contributed by atoms with van der Waals surface area (Å²) in [5.74, 6) is 0. The van der Waals surface area contributed by atoms with Gasteiger partial charge in [0.25, 0.3) is 0 Å². The van der Waals surface area contributed by atoms with Crippen molar-refractivity contribution in [3.8, 4) is 6.07 Å². The predicted molar refractivity (Wildman–Crippen MR) is 53.8 cm³/mol. The Bertz CT molecular complexity index is 386. The number of nitriles is 1. The van der Waals surface area contributed by atoms with E-state index >= 15 is 0 Å². The monoisotopic (exact) mass is 239 g/mol. The van der Waals surface area contributed by atoms with Gasteiger partial charge in [-0.1, -0.05) is 18.2 Å². The first-order chi connectivity index (χ1) is 6.16. The molecule has 0 aromatic heterocycles. The van der Waals surface area contributed by atoms with E-state index in [-0.39, 0.29) is 0 Å². The molecule has 3 heteroatoms. The maximum Gasteiger partial charge on any atom is 0.169 e. The molecule has 0 saturated heterocycles. The molecule has 1 nitrogen and oxygen atoms in total. The molecule has 0 N–H and O–H groups in total. The van der Waals surface area contributed by atoms with E-state index in [9.17, 15) is 4.39 Å². The first kappa shape index (κ1) is 9.94. The molecular weight excluding hydrogens is 233 g/mol. The van der Waals surface area contributed by atoms with Crippen molar-refractivity contribution >= 4 is 21.5 Å².